The maximum atomic E-state index is 7.59. The average molecular weight is 676 g/mol. The number of hydrogen-bond donors (Lipinski definition) is 0. The lowest BCUT2D eigenvalue weighted by atomic mass is 9.81. The van der Waals surface area contributed by atoms with Crippen LogP contribution in [-0.2, 0) is 22.4 Å². The molecule has 0 saturated carbocycles. The predicted molar refractivity (Wildman–Crippen MR) is 190 cm³/mol. The molecular weight excluding hydrogens is 611 g/mol. The van der Waals surface area contributed by atoms with E-state index in [4.69, 9.17) is 34.7 Å². The van der Waals surface area contributed by atoms with Crippen molar-refractivity contribution in [3.63, 3.8) is 0 Å². The van der Waals surface area contributed by atoms with Gasteiger partial charge in [0.2, 0.25) is 0 Å². The average Bonchev–Trinajstić information content (AvgIpc) is 3.17. The summed E-state index contributed by atoms with van der Waals surface area (Å²) in [4.78, 5) is 3.28. The van der Waals surface area contributed by atoms with Crippen LogP contribution < -0.4 is 0 Å². The number of fused-ring (bicyclic) bond motifs is 5. The summed E-state index contributed by atoms with van der Waals surface area (Å²) in [5.74, 6) is 0. The van der Waals surface area contributed by atoms with Crippen molar-refractivity contribution in [1.82, 2.24) is 4.90 Å². The van der Waals surface area contributed by atoms with Crippen molar-refractivity contribution >= 4 is 50.5 Å². The van der Waals surface area contributed by atoms with Crippen LogP contribution in [0.15, 0.2) is 0 Å². The standard InChI is InChI=1S/C31H65NO5SSi4/c1-27(2,3)40(13,14)33-22-30-26(36-42(17,18)29(7,8)9)23(35-41(15,16)28(4,5)6)21-24(34-30)32-25(38)19-20-31(30,32)37-39(10,11)12/h23-24,26H,19-22H2,1-18H3/t23-,24+,26+,30-,31+/m1/s1. The highest BCUT2D eigenvalue weighted by Crippen LogP contribution is 2.60. The highest BCUT2D eigenvalue weighted by molar-refractivity contribution is 7.80. The number of ether oxygens (including phenoxy) is 1. The Hall–Kier alpha value is 0.558. The summed E-state index contributed by atoms with van der Waals surface area (Å²) in [6.07, 6.45) is 1.63. The molecule has 0 amide bonds. The van der Waals surface area contributed by atoms with E-state index < -0.39 is 44.6 Å². The van der Waals surface area contributed by atoms with Gasteiger partial charge in [-0.2, -0.15) is 0 Å². The highest BCUT2D eigenvalue weighted by Gasteiger charge is 2.76. The van der Waals surface area contributed by atoms with Gasteiger partial charge in [-0.25, -0.2) is 0 Å². The minimum absolute atomic E-state index is 0.0168. The normalized spacial score (nSPS) is 31.6. The Balaban J connectivity index is 2.31. The fraction of sp³-hybridized carbons (Fsp3) is 0.968. The van der Waals surface area contributed by atoms with Crippen LogP contribution in [0.3, 0.4) is 0 Å². The van der Waals surface area contributed by atoms with Crippen molar-refractivity contribution in [1.29, 1.82) is 0 Å². The third kappa shape index (κ3) is 6.53. The SMILES string of the molecule is CC(C)(C)[Si](C)(C)OC[C@@]12O[C@@H](C[C@@H](O[Si](C)(C)C(C)(C)C)[C@@H]1O[Si](C)(C)C(C)(C)C)N1C(=S)CC[C@@]12O[Si](C)(C)C. The molecule has 3 fully saturated rings. The topological polar surface area (TPSA) is 49.4 Å². The summed E-state index contributed by atoms with van der Waals surface area (Å²) in [6, 6.07) is 0. The molecule has 0 aromatic rings. The van der Waals surface area contributed by atoms with Crippen molar-refractivity contribution in [2.45, 2.75) is 185 Å². The summed E-state index contributed by atoms with van der Waals surface area (Å²) in [5.41, 5.74) is -1.60. The van der Waals surface area contributed by atoms with Crippen LogP contribution in [0.25, 0.3) is 0 Å². The molecule has 42 heavy (non-hydrogen) atoms. The van der Waals surface area contributed by atoms with Crippen molar-refractivity contribution in [2.24, 2.45) is 0 Å². The molecule has 5 atom stereocenters. The zero-order chi connectivity index (χ0) is 32.8. The summed E-state index contributed by atoms with van der Waals surface area (Å²) in [6.45, 7) is 42.1. The van der Waals surface area contributed by atoms with Gasteiger partial charge in [-0.3, -0.25) is 0 Å². The predicted octanol–water partition coefficient (Wildman–Crippen LogP) is 9.26. The van der Waals surface area contributed by atoms with Gasteiger partial charge in [0.25, 0.3) is 0 Å². The van der Waals surface area contributed by atoms with E-state index in [2.05, 4.69) is 126 Å². The van der Waals surface area contributed by atoms with Gasteiger partial charge >= 0.3 is 0 Å². The zero-order valence-corrected chi connectivity index (χ0v) is 35.3. The Labute approximate surface area is 268 Å². The quantitative estimate of drug-likeness (QED) is 0.178. The van der Waals surface area contributed by atoms with Gasteiger partial charge in [0, 0.05) is 19.3 Å². The molecule has 0 unspecified atom stereocenters. The first-order chi connectivity index (χ1) is 18.4. The van der Waals surface area contributed by atoms with Gasteiger partial charge in [0.1, 0.15) is 12.3 Å². The molecule has 0 spiro atoms. The van der Waals surface area contributed by atoms with Crippen LogP contribution in [0.1, 0.15) is 81.6 Å². The van der Waals surface area contributed by atoms with Crippen LogP contribution >= 0.6 is 12.2 Å². The first kappa shape index (κ1) is 37.0. The van der Waals surface area contributed by atoms with Crippen molar-refractivity contribution < 1.29 is 22.4 Å². The molecule has 0 N–H and O–H groups in total. The van der Waals surface area contributed by atoms with Gasteiger partial charge in [-0.15, -0.1) is 0 Å². The van der Waals surface area contributed by atoms with Gasteiger partial charge in [0.05, 0.1) is 17.7 Å². The zero-order valence-electron chi connectivity index (χ0n) is 30.5. The Bertz CT molecular complexity index is 1030. The first-order valence-corrected chi connectivity index (χ1v) is 28.7. The van der Waals surface area contributed by atoms with E-state index in [1.807, 2.05) is 0 Å². The third-order valence-electron chi connectivity index (χ3n) is 11.3. The summed E-state index contributed by atoms with van der Waals surface area (Å²) < 4.78 is 36.9. The Kier molecular flexibility index (Phi) is 9.76. The van der Waals surface area contributed by atoms with Crippen molar-refractivity contribution in [2.75, 3.05) is 6.61 Å². The molecule has 3 aliphatic rings. The molecule has 246 valence electrons. The lowest BCUT2D eigenvalue weighted by Crippen LogP contribution is -2.73. The van der Waals surface area contributed by atoms with E-state index in [9.17, 15) is 0 Å². The molecular formula is C31H65NO5SSi4. The number of hydrogen-bond acceptors (Lipinski definition) is 6. The Morgan fingerprint density at radius 1 is 0.786 bits per heavy atom. The fourth-order valence-electron chi connectivity index (χ4n) is 5.74. The molecule has 0 aromatic carbocycles. The minimum Gasteiger partial charge on any atom is -0.414 e. The van der Waals surface area contributed by atoms with E-state index in [1.165, 1.54) is 0 Å². The Morgan fingerprint density at radius 3 is 1.71 bits per heavy atom. The number of nitrogens with zero attached hydrogens (tertiary/aromatic N) is 1. The van der Waals surface area contributed by atoms with Crippen LogP contribution in [0.4, 0.5) is 0 Å². The van der Waals surface area contributed by atoms with Crippen LogP contribution in [-0.4, -0.2) is 79.5 Å². The second kappa shape index (κ2) is 11.1. The lowest BCUT2D eigenvalue weighted by molar-refractivity contribution is -0.240. The molecule has 2 bridgehead atoms. The summed E-state index contributed by atoms with van der Waals surface area (Å²) in [7, 11) is -8.71. The van der Waals surface area contributed by atoms with Crippen LogP contribution in [0.5, 0.6) is 0 Å². The molecule has 0 aliphatic carbocycles. The van der Waals surface area contributed by atoms with E-state index in [0.717, 1.165) is 17.8 Å². The maximum absolute atomic E-state index is 7.59. The van der Waals surface area contributed by atoms with E-state index in [-0.39, 0.29) is 33.6 Å². The fourth-order valence-corrected chi connectivity index (χ4v) is 11.2. The second-order valence-electron chi connectivity index (χ2n) is 18.7. The van der Waals surface area contributed by atoms with E-state index >= 15 is 0 Å². The van der Waals surface area contributed by atoms with Crippen molar-refractivity contribution in [3.05, 3.63) is 0 Å². The molecule has 0 aromatic heterocycles. The van der Waals surface area contributed by atoms with E-state index in [1.54, 1.807) is 0 Å². The first-order valence-electron chi connectivity index (χ1n) is 16.1. The lowest BCUT2D eigenvalue weighted by Gasteiger charge is -2.56. The smallest absolute Gasteiger partial charge is 0.192 e. The third-order valence-corrected chi connectivity index (χ3v) is 26.1. The molecule has 3 heterocycles. The van der Waals surface area contributed by atoms with E-state index in [0.29, 0.717) is 13.0 Å². The molecule has 0 radical (unpaired) electrons. The number of rotatable bonds is 9. The van der Waals surface area contributed by atoms with Crippen molar-refractivity contribution in [3.8, 4) is 0 Å². The van der Waals surface area contributed by atoms with Gasteiger partial charge in [-0.1, -0.05) is 74.5 Å². The minimum atomic E-state index is -2.29. The van der Waals surface area contributed by atoms with Gasteiger partial charge in [0.15, 0.2) is 44.6 Å². The largest absolute Gasteiger partial charge is 0.414 e. The maximum Gasteiger partial charge on any atom is 0.192 e. The summed E-state index contributed by atoms with van der Waals surface area (Å²) in [5, 5.41) is 0.137. The summed E-state index contributed by atoms with van der Waals surface area (Å²) >= 11 is 6.11. The van der Waals surface area contributed by atoms with Crippen LogP contribution in [0.2, 0.25) is 74.0 Å². The monoisotopic (exact) mass is 675 g/mol. The second-order valence-corrected chi connectivity index (χ2v) is 37.9. The highest BCUT2D eigenvalue weighted by atomic mass is 32.1. The molecule has 11 heteroatoms. The van der Waals surface area contributed by atoms with Gasteiger partial charge < -0.3 is 27.3 Å². The molecule has 6 nitrogen and oxygen atoms in total. The van der Waals surface area contributed by atoms with Gasteiger partial charge in [-0.05, 0) is 74.0 Å². The molecule has 3 saturated heterocycles. The van der Waals surface area contributed by atoms with Crippen LogP contribution in [0, 0.1) is 0 Å². The Morgan fingerprint density at radius 2 is 1.26 bits per heavy atom. The molecule has 3 rings (SSSR count). The molecule has 3 aliphatic heterocycles. The number of thiocarbonyl (C=S) groups is 1.